The van der Waals surface area contributed by atoms with E-state index in [0.717, 1.165) is 19.4 Å². The highest BCUT2D eigenvalue weighted by molar-refractivity contribution is 6.02. The second kappa shape index (κ2) is 11.8. The molecular weight excluding hydrogens is 611 g/mol. The summed E-state index contributed by atoms with van der Waals surface area (Å²) in [6.45, 7) is 2.75. The van der Waals surface area contributed by atoms with Crippen molar-refractivity contribution in [3.8, 4) is 17.3 Å². The summed E-state index contributed by atoms with van der Waals surface area (Å²) in [5, 5.41) is 4.52. The number of carbonyl (C=O) groups is 1. The summed E-state index contributed by atoms with van der Waals surface area (Å²) in [7, 11) is 0. The van der Waals surface area contributed by atoms with E-state index in [0.29, 0.717) is 77.9 Å². The molecule has 13 heteroatoms. The number of alkyl halides is 1. The maximum absolute atomic E-state index is 17.0. The second-order valence-electron chi connectivity index (χ2n) is 13.2. The van der Waals surface area contributed by atoms with Crippen LogP contribution in [-0.4, -0.2) is 89.5 Å². The molecule has 5 aliphatic heterocycles. The molecule has 246 valence electrons. The van der Waals surface area contributed by atoms with E-state index in [2.05, 4.69) is 20.2 Å². The number of fused-ring (bicyclic) bond motifs is 6. The number of rotatable bonds is 3. The predicted octanol–water partition coefficient (Wildman–Crippen LogP) is 4.32. The summed E-state index contributed by atoms with van der Waals surface area (Å²) < 4.78 is 59.0. The topological polar surface area (TPSA) is 119 Å². The molecule has 47 heavy (non-hydrogen) atoms. The van der Waals surface area contributed by atoms with Crippen LogP contribution >= 0.6 is 0 Å². The van der Waals surface area contributed by atoms with Crippen molar-refractivity contribution in [2.75, 3.05) is 56.6 Å². The van der Waals surface area contributed by atoms with Gasteiger partial charge in [-0.2, -0.15) is 9.97 Å². The Hall–Kier alpha value is -4.23. The molecule has 2 aromatic carbocycles. The SMILES string of the molecule is Nc1cc2c3c(c(F)ccc3c1)CCCC(=O)NC1COCCN(C1)c1nc(OCC34CCCN3CC(F)C4)nc3c(F)c-2ncc13. The van der Waals surface area contributed by atoms with Gasteiger partial charge in [0.1, 0.15) is 35.6 Å². The minimum absolute atomic E-state index is 0.0167. The monoisotopic (exact) mass is 647 g/mol. The number of nitrogen functional groups attached to an aromatic ring is 1. The van der Waals surface area contributed by atoms with E-state index < -0.39 is 23.3 Å². The third-order valence-electron chi connectivity index (χ3n) is 10.1. The van der Waals surface area contributed by atoms with E-state index in [4.69, 9.17) is 20.2 Å². The molecule has 0 aliphatic carbocycles. The van der Waals surface area contributed by atoms with Crippen LogP contribution in [-0.2, 0) is 16.0 Å². The molecule has 5 aliphatic rings. The van der Waals surface area contributed by atoms with Crippen molar-refractivity contribution in [1.29, 1.82) is 0 Å². The van der Waals surface area contributed by atoms with Gasteiger partial charge in [-0.25, -0.2) is 13.2 Å². The quantitative estimate of drug-likeness (QED) is 0.314. The van der Waals surface area contributed by atoms with Crippen LogP contribution in [0.15, 0.2) is 30.5 Å². The first-order chi connectivity index (χ1) is 22.8. The number of hydrogen-bond acceptors (Lipinski definition) is 9. The van der Waals surface area contributed by atoms with Gasteiger partial charge in [-0.05, 0) is 66.8 Å². The van der Waals surface area contributed by atoms with E-state index >= 15 is 8.78 Å². The lowest BCUT2D eigenvalue weighted by Crippen LogP contribution is -2.45. The predicted molar refractivity (Wildman–Crippen MR) is 171 cm³/mol. The maximum Gasteiger partial charge on any atom is 0.319 e. The lowest BCUT2D eigenvalue weighted by atomic mass is 9.92. The number of benzene rings is 2. The number of nitrogens with two attached hydrogens (primary N) is 1. The molecule has 3 atom stereocenters. The molecule has 6 bridgehead atoms. The fraction of sp³-hybridized carbons (Fsp3) is 0.471. The number of ether oxygens (including phenoxy) is 2. The van der Waals surface area contributed by atoms with Crippen molar-refractivity contribution in [2.24, 2.45) is 0 Å². The highest BCUT2D eigenvalue weighted by atomic mass is 19.1. The molecule has 3 unspecified atom stereocenters. The molecular formula is C34H36F3N7O3. The maximum atomic E-state index is 17.0. The van der Waals surface area contributed by atoms with Crippen LogP contribution in [0.5, 0.6) is 6.01 Å². The van der Waals surface area contributed by atoms with Gasteiger partial charge in [0.25, 0.3) is 0 Å². The van der Waals surface area contributed by atoms with Crippen LogP contribution in [0.4, 0.5) is 24.7 Å². The molecule has 4 aromatic rings. The molecule has 0 spiro atoms. The third-order valence-corrected chi connectivity index (χ3v) is 10.1. The zero-order chi connectivity index (χ0) is 32.3. The number of carbonyl (C=O) groups excluding carboxylic acids is 1. The second-order valence-corrected chi connectivity index (χ2v) is 13.2. The van der Waals surface area contributed by atoms with Gasteiger partial charge in [-0.3, -0.25) is 14.7 Å². The van der Waals surface area contributed by atoms with Gasteiger partial charge in [-0.15, -0.1) is 0 Å². The number of aryl methyl sites for hydroxylation is 1. The summed E-state index contributed by atoms with van der Waals surface area (Å²) in [5.74, 6) is -0.957. The Labute approximate surface area is 269 Å². The van der Waals surface area contributed by atoms with Crippen molar-refractivity contribution in [1.82, 2.24) is 25.2 Å². The number of anilines is 2. The molecule has 9 rings (SSSR count). The van der Waals surface area contributed by atoms with Crippen LogP contribution in [0.3, 0.4) is 0 Å². The standard InChI is InChI=1S/C34H36F3N7O3/c35-20-13-34(7-2-8-44(34)15-20)18-47-33-41-31-25-14-39-30(29(31)37)24-12-21(38)11-19-5-6-26(36)23(28(19)24)3-1-4-27(45)40-22-16-43(32(25)42-33)9-10-46-17-22/h5-6,11-12,14,20,22H,1-4,7-10,13,15-18,38H2,(H,40,45). The number of hydrogen-bond donors (Lipinski definition) is 2. The fourth-order valence-corrected chi connectivity index (χ4v) is 7.95. The van der Waals surface area contributed by atoms with Gasteiger partial charge >= 0.3 is 6.01 Å². The fourth-order valence-electron chi connectivity index (χ4n) is 7.95. The summed E-state index contributed by atoms with van der Waals surface area (Å²) >= 11 is 0. The highest BCUT2D eigenvalue weighted by Crippen LogP contribution is 2.42. The van der Waals surface area contributed by atoms with E-state index in [1.807, 2.05) is 4.90 Å². The molecule has 3 fully saturated rings. The zero-order valence-electron chi connectivity index (χ0n) is 25.9. The van der Waals surface area contributed by atoms with Crippen LogP contribution in [0.25, 0.3) is 32.9 Å². The molecule has 0 radical (unpaired) electrons. The van der Waals surface area contributed by atoms with Crippen molar-refractivity contribution >= 4 is 39.1 Å². The van der Waals surface area contributed by atoms with Gasteiger partial charge in [-0.1, -0.05) is 6.07 Å². The van der Waals surface area contributed by atoms with Crippen molar-refractivity contribution < 1.29 is 27.4 Å². The first-order valence-electron chi connectivity index (χ1n) is 16.3. The first kappa shape index (κ1) is 30.1. The summed E-state index contributed by atoms with van der Waals surface area (Å²) in [4.78, 5) is 31.1. The van der Waals surface area contributed by atoms with Gasteiger partial charge in [0, 0.05) is 49.9 Å². The molecule has 3 saturated heterocycles. The van der Waals surface area contributed by atoms with Crippen molar-refractivity contribution in [3.05, 3.63) is 47.7 Å². The third kappa shape index (κ3) is 5.38. The average molecular weight is 648 g/mol. The molecule has 1 amide bonds. The Bertz CT molecular complexity index is 1890. The number of pyridine rings is 1. The minimum Gasteiger partial charge on any atom is -0.461 e. The molecule has 0 saturated carbocycles. The summed E-state index contributed by atoms with van der Waals surface area (Å²) in [5.41, 5.74) is 6.83. The van der Waals surface area contributed by atoms with Gasteiger partial charge in [0.15, 0.2) is 5.82 Å². The Morgan fingerprint density at radius 3 is 2.91 bits per heavy atom. The van der Waals surface area contributed by atoms with Crippen LogP contribution in [0.2, 0.25) is 0 Å². The molecule has 10 nitrogen and oxygen atoms in total. The normalized spacial score (nSPS) is 25.0. The Balaban J connectivity index is 1.32. The van der Waals surface area contributed by atoms with E-state index in [1.165, 1.54) is 12.3 Å². The first-order valence-corrected chi connectivity index (χ1v) is 16.3. The zero-order valence-corrected chi connectivity index (χ0v) is 25.9. The van der Waals surface area contributed by atoms with E-state index in [1.54, 1.807) is 18.2 Å². The molecule has 7 heterocycles. The van der Waals surface area contributed by atoms with Crippen LogP contribution in [0, 0.1) is 11.6 Å². The van der Waals surface area contributed by atoms with Gasteiger partial charge in [0.2, 0.25) is 5.91 Å². The average Bonchev–Trinajstić information content (AvgIpc) is 3.46. The summed E-state index contributed by atoms with van der Waals surface area (Å²) in [6.07, 6.45) is 3.49. The van der Waals surface area contributed by atoms with Crippen molar-refractivity contribution in [3.63, 3.8) is 0 Å². The minimum atomic E-state index is -0.933. The number of nitrogens with zero attached hydrogens (tertiary/aromatic N) is 5. The smallest absolute Gasteiger partial charge is 0.319 e. The lowest BCUT2D eigenvalue weighted by Gasteiger charge is -2.31. The highest BCUT2D eigenvalue weighted by Gasteiger charge is 2.49. The number of amides is 1. The van der Waals surface area contributed by atoms with E-state index in [9.17, 15) is 9.18 Å². The Kier molecular flexibility index (Phi) is 7.55. The number of nitrogens with one attached hydrogen (secondary N) is 1. The number of aromatic nitrogens is 3. The lowest BCUT2D eigenvalue weighted by molar-refractivity contribution is -0.122. The van der Waals surface area contributed by atoms with Crippen LogP contribution < -0.4 is 20.7 Å². The van der Waals surface area contributed by atoms with Gasteiger partial charge in [0.05, 0.1) is 30.2 Å². The Morgan fingerprint density at radius 1 is 1.13 bits per heavy atom. The number of halogens is 3. The summed E-state index contributed by atoms with van der Waals surface area (Å²) in [6, 6.07) is 5.87. The Morgan fingerprint density at radius 2 is 2.02 bits per heavy atom. The van der Waals surface area contributed by atoms with Crippen LogP contribution in [0.1, 0.15) is 37.7 Å². The largest absolute Gasteiger partial charge is 0.461 e. The van der Waals surface area contributed by atoms with E-state index in [-0.39, 0.29) is 55.2 Å². The molecule has 2 aromatic heterocycles. The van der Waals surface area contributed by atoms with Gasteiger partial charge < -0.3 is 25.4 Å². The van der Waals surface area contributed by atoms with Crippen molar-refractivity contribution in [2.45, 2.75) is 56.3 Å². The molecule has 3 N–H and O–H groups in total.